The fourth-order valence-corrected chi connectivity index (χ4v) is 2.87. The number of hydrogen-bond acceptors (Lipinski definition) is 5. The number of ether oxygens (including phenoxy) is 3. The van der Waals surface area contributed by atoms with Gasteiger partial charge in [0, 0.05) is 5.02 Å². The van der Waals surface area contributed by atoms with Gasteiger partial charge in [-0.25, -0.2) is 5.43 Å². The van der Waals surface area contributed by atoms with Gasteiger partial charge in [-0.15, -0.1) is 0 Å². The van der Waals surface area contributed by atoms with E-state index in [9.17, 15) is 4.79 Å². The van der Waals surface area contributed by atoms with Crippen molar-refractivity contribution in [3.63, 3.8) is 0 Å². The summed E-state index contributed by atoms with van der Waals surface area (Å²) in [4.78, 5) is 12.1. The van der Waals surface area contributed by atoms with Gasteiger partial charge in [0.05, 0.1) is 38.0 Å². The minimum Gasteiger partial charge on any atom is -0.497 e. The van der Waals surface area contributed by atoms with Crippen LogP contribution in [-0.2, 0) is 11.2 Å². The number of benzene rings is 2. The number of hydrazone groups is 1. The molecule has 0 spiro atoms. The number of amides is 1. The number of nitrogens with zero attached hydrogens (tertiary/aromatic N) is 1. The molecule has 0 bridgehead atoms. The number of nitrogens with one attached hydrogen (secondary N) is 1. The Labute approximate surface area is 174 Å². The molecule has 0 saturated heterocycles. The third kappa shape index (κ3) is 6.04. The van der Waals surface area contributed by atoms with Crippen molar-refractivity contribution < 1.29 is 19.0 Å². The summed E-state index contributed by atoms with van der Waals surface area (Å²) in [6.45, 7) is 4.67. The van der Waals surface area contributed by atoms with Crippen molar-refractivity contribution in [1.29, 1.82) is 0 Å². The van der Waals surface area contributed by atoms with Gasteiger partial charge in [-0.1, -0.05) is 23.2 Å². The molecule has 8 heteroatoms. The molecule has 0 atom stereocenters. The Hall–Kier alpha value is -2.44. The second-order valence-electron chi connectivity index (χ2n) is 5.62. The molecule has 6 nitrogen and oxygen atoms in total. The molecule has 2 aromatic rings. The Morgan fingerprint density at radius 3 is 2.54 bits per heavy atom. The Balaban J connectivity index is 2.06. The second kappa shape index (κ2) is 10.8. The van der Waals surface area contributed by atoms with E-state index in [0.29, 0.717) is 51.6 Å². The topological polar surface area (TPSA) is 69.2 Å². The Kier molecular flexibility index (Phi) is 8.42. The second-order valence-corrected chi connectivity index (χ2v) is 6.44. The van der Waals surface area contributed by atoms with Gasteiger partial charge in [-0.3, -0.25) is 4.79 Å². The number of halogens is 2. The van der Waals surface area contributed by atoms with E-state index in [-0.39, 0.29) is 12.3 Å². The fraction of sp³-hybridized carbons (Fsp3) is 0.300. The van der Waals surface area contributed by atoms with E-state index in [1.165, 1.54) is 6.21 Å². The summed E-state index contributed by atoms with van der Waals surface area (Å²) in [6.07, 6.45) is 1.55. The van der Waals surface area contributed by atoms with Gasteiger partial charge in [0.1, 0.15) is 5.75 Å². The molecule has 0 aliphatic carbocycles. The van der Waals surface area contributed by atoms with Crippen LogP contribution in [0, 0.1) is 0 Å². The van der Waals surface area contributed by atoms with Crippen LogP contribution in [0.15, 0.2) is 35.4 Å². The van der Waals surface area contributed by atoms with Gasteiger partial charge in [0.25, 0.3) is 0 Å². The molecule has 0 aliphatic rings. The first kappa shape index (κ1) is 21.9. The summed E-state index contributed by atoms with van der Waals surface area (Å²) in [5.74, 6) is 1.32. The molecule has 0 saturated carbocycles. The normalized spacial score (nSPS) is 10.8. The molecule has 28 heavy (non-hydrogen) atoms. The van der Waals surface area contributed by atoms with Crippen LogP contribution < -0.4 is 19.6 Å². The van der Waals surface area contributed by atoms with Crippen LogP contribution in [0.1, 0.15) is 25.0 Å². The highest BCUT2D eigenvalue weighted by atomic mass is 35.5. The van der Waals surface area contributed by atoms with Gasteiger partial charge in [-0.2, -0.15) is 5.10 Å². The van der Waals surface area contributed by atoms with Gasteiger partial charge in [-0.05, 0) is 55.3 Å². The van der Waals surface area contributed by atoms with Gasteiger partial charge in [0.2, 0.25) is 5.91 Å². The standard InChI is InChI=1S/C20H22Cl2N2O4/c1-4-27-18-9-13(8-17(22)20(18)28-5-2)12-23-24-19(25)11-14-10-15(26-3)6-7-16(14)21/h6-10,12H,4-5,11H2,1-3H3,(H,24,25)/b23-12+. The smallest absolute Gasteiger partial charge is 0.244 e. The van der Waals surface area contributed by atoms with Crippen molar-refractivity contribution in [3.05, 3.63) is 51.5 Å². The molecular formula is C20H22Cl2N2O4. The van der Waals surface area contributed by atoms with E-state index in [2.05, 4.69) is 10.5 Å². The third-order valence-corrected chi connectivity index (χ3v) is 4.28. The SMILES string of the molecule is CCOc1cc(/C=N/NC(=O)Cc2cc(OC)ccc2Cl)cc(Cl)c1OCC. The summed E-state index contributed by atoms with van der Waals surface area (Å²) in [5, 5.41) is 4.87. The minimum absolute atomic E-state index is 0.0710. The van der Waals surface area contributed by atoms with Crippen LogP contribution in [0.5, 0.6) is 17.2 Å². The van der Waals surface area contributed by atoms with E-state index >= 15 is 0 Å². The Bertz CT molecular complexity index is 856. The molecule has 2 rings (SSSR count). The van der Waals surface area contributed by atoms with Crippen LogP contribution >= 0.6 is 23.2 Å². The van der Waals surface area contributed by atoms with E-state index in [1.54, 1.807) is 37.4 Å². The van der Waals surface area contributed by atoms with E-state index < -0.39 is 0 Å². The Morgan fingerprint density at radius 1 is 1.11 bits per heavy atom. The predicted octanol–water partition coefficient (Wildman–Crippen LogP) is 4.49. The number of carbonyl (C=O) groups is 1. The van der Waals surface area contributed by atoms with Crippen LogP contribution in [0.2, 0.25) is 10.0 Å². The first-order valence-electron chi connectivity index (χ1n) is 8.71. The average Bonchev–Trinajstić information content (AvgIpc) is 2.66. The first-order valence-corrected chi connectivity index (χ1v) is 9.47. The maximum absolute atomic E-state index is 12.1. The summed E-state index contributed by atoms with van der Waals surface area (Å²) in [5.41, 5.74) is 3.78. The number of rotatable bonds is 9. The molecule has 0 aliphatic heterocycles. The van der Waals surface area contributed by atoms with Crippen LogP contribution in [-0.4, -0.2) is 32.4 Å². The minimum atomic E-state index is -0.312. The quantitative estimate of drug-likeness (QED) is 0.475. The van der Waals surface area contributed by atoms with Crippen molar-refractivity contribution in [3.8, 4) is 17.2 Å². The molecule has 150 valence electrons. The zero-order valence-electron chi connectivity index (χ0n) is 15.9. The number of hydrogen-bond donors (Lipinski definition) is 1. The van der Waals surface area contributed by atoms with Crippen LogP contribution in [0.3, 0.4) is 0 Å². The van der Waals surface area contributed by atoms with E-state index in [0.717, 1.165) is 0 Å². The third-order valence-electron chi connectivity index (χ3n) is 3.63. The highest BCUT2D eigenvalue weighted by molar-refractivity contribution is 6.32. The van der Waals surface area contributed by atoms with Crippen molar-refractivity contribution in [2.75, 3.05) is 20.3 Å². The fourth-order valence-electron chi connectivity index (χ4n) is 2.41. The maximum Gasteiger partial charge on any atom is 0.244 e. The molecule has 0 fully saturated rings. The summed E-state index contributed by atoms with van der Waals surface area (Å²) in [6, 6.07) is 8.56. The summed E-state index contributed by atoms with van der Waals surface area (Å²) in [7, 11) is 1.55. The maximum atomic E-state index is 12.1. The molecule has 0 radical (unpaired) electrons. The lowest BCUT2D eigenvalue weighted by Crippen LogP contribution is -2.20. The van der Waals surface area contributed by atoms with Crippen LogP contribution in [0.25, 0.3) is 0 Å². The highest BCUT2D eigenvalue weighted by Gasteiger charge is 2.12. The lowest BCUT2D eigenvalue weighted by molar-refractivity contribution is -0.120. The zero-order chi connectivity index (χ0) is 20.5. The molecule has 0 aromatic heterocycles. The molecule has 1 amide bonds. The number of methoxy groups -OCH3 is 1. The van der Waals surface area contributed by atoms with Gasteiger partial charge >= 0.3 is 0 Å². The summed E-state index contributed by atoms with van der Waals surface area (Å²) < 4.78 is 16.2. The van der Waals surface area contributed by atoms with Crippen molar-refractivity contribution in [2.45, 2.75) is 20.3 Å². The van der Waals surface area contributed by atoms with Crippen molar-refractivity contribution in [1.82, 2.24) is 5.43 Å². The molecule has 1 N–H and O–H groups in total. The van der Waals surface area contributed by atoms with Gasteiger partial charge in [0.15, 0.2) is 11.5 Å². The Morgan fingerprint density at radius 2 is 1.86 bits per heavy atom. The lowest BCUT2D eigenvalue weighted by atomic mass is 10.1. The van der Waals surface area contributed by atoms with Crippen molar-refractivity contribution >= 4 is 35.3 Å². The molecule has 2 aromatic carbocycles. The first-order chi connectivity index (χ1) is 13.5. The lowest BCUT2D eigenvalue weighted by Gasteiger charge is -2.13. The monoisotopic (exact) mass is 424 g/mol. The van der Waals surface area contributed by atoms with E-state index in [1.807, 2.05) is 13.8 Å². The predicted molar refractivity (Wildman–Crippen MR) is 111 cm³/mol. The highest BCUT2D eigenvalue weighted by Crippen LogP contribution is 2.36. The average molecular weight is 425 g/mol. The molecule has 0 heterocycles. The zero-order valence-corrected chi connectivity index (χ0v) is 17.4. The summed E-state index contributed by atoms with van der Waals surface area (Å²) >= 11 is 12.4. The molecule has 0 unspecified atom stereocenters. The molecular weight excluding hydrogens is 403 g/mol. The van der Waals surface area contributed by atoms with Crippen molar-refractivity contribution in [2.24, 2.45) is 5.10 Å². The van der Waals surface area contributed by atoms with Gasteiger partial charge < -0.3 is 14.2 Å². The number of carbonyl (C=O) groups excluding carboxylic acids is 1. The largest absolute Gasteiger partial charge is 0.497 e. The van der Waals surface area contributed by atoms with E-state index in [4.69, 9.17) is 37.4 Å². The van der Waals surface area contributed by atoms with Crippen LogP contribution in [0.4, 0.5) is 0 Å².